The summed E-state index contributed by atoms with van der Waals surface area (Å²) in [5.41, 5.74) is 1.25. The Bertz CT molecular complexity index is 1050. The molecule has 0 unspecified atom stereocenters. The Morgan fingerprint density at radius 3 is 2.50 bits per heavy atom. The number of hydrogen-bond donors (Lipinski definition) is 1. The number of aromatic nitrogens is 6. The summed E-state index contributed by atoms with van der Waals surface area (Å²) < 4.78 is 42.6. The summed E-state index contributed by atoms with van der Waals surface area (Å²) in [7, 11) is 0. The fraction of sp³-hybridized carbons (Fsp3) is 0.444. The number of carbonyl (C=O) groups excluding carboxylic acids is 1. The first kappa shape index (κ1) is 21.9. The molecule has 1 N–H and O–H groups in total. The maximum atomic E-state index is 12.7. The number of alkyl halides is 3. The molecule has 0 radical (unpaired) electrons. The quantitative estimate of drug-likeness (QED) is 0.568. The SMILES string of the molecule is Cc1nn(Cn2ccc(C(=O)NCCCn3nc(C(F)(F)F)cc3C)n2)c(C)c1Cl. The number of aryl methyl sites for hydroxylation is 3. The van der Waals surface area contributed by atoms with Gasteiger partial charge in [0.05, 0.1) is 16.4 Å². The van der Waals surface area contributed by atoms with E-state index in [4.69, 9.17) is 11.6 Å². The molecule has 0 aliphatic carbocycles. The monoisotopic (exact) mass is 443 g/mol. The second-order valence-corrected chi connectivity index (χ2v) is 7.25. The average molecular weight is 444 g/mol. The van der Waals surface area contributed by atoms with Gasteiger partial charge in [0.15, 0.2) is 5.69 Å². The summed E-state index contributed by atoms with van der Waals surface area (Å²) in [6.07, 6.45) is -2.39. The minimum absolute atomic E-state index is 0.234. The molecule has 0 fully saturated rings. The maximum absolute atomic E-state index is 12.7. The highest BCUT2D eigenvalue weighted by Gasteiger charge is 2.34. The molecule has 12 heteroatoms. The van der Waals surface area contributed by atoms with Crippen LogP contribution in [0.25, 0.3) is 0 Å². The van der Waals surface area contributed by atoms with E-state index >= 15 is 0 Å². The van der Waals surface area contributed by atoms with Crippen molar-refractivity contribution in [2.75, 3.05) is 6.54 Å². The molecule has 30 heavy (non-hydrogen) atoms. The van der Waals surface area contributed by atoms with E-state index in [2.05, 4.69) is 20.6 Å². The summed E-state index contributed by atoms with van der Waals surface area (Å²) in [6, 6.07) is 2.58. The van der Waals surface area contributed by atoms with Crippen molar-refractivity contribution in [2.24, 2.45) is 0 Å². The van der Waals surface area contributed by atoms with Gasteiger partial charge < -0.3 is 5.32 Å². The maximum Gasteiger partial charge on any atom is 0.435 e. The van der Waals surface area contributed by atoms with Gasteiger partial charge in [0.2, 0.25) is 0 Å². The molecule has 0 atom stereocenters. The molecule has 0 spiro atoms. The van der Waals surface area contributed by atoms with Crippen LogP contribution in [0.1, 0.15) is 39.7 Å². The summed E-state index contributed by atoms with van der Waals surface area (Å²) in [4.78, 5) is 12.2. The van der Waals surface area contributed by atoms with Crippen LogP contribution in [0.3, 0.4) is 0 Å². The molecule has 3 aromatic rings. The van der Waals surface area contributed by atoms with Crippen molar-refractivity contribution in [3.05, 3.63) is 51.8 Å². The zero-order valence-corrected chi connectivity index (χ0v) is 17.4. The van der Waals surface area contributed by atoms with Crippen LogP contribution in [0.5, 0.6) is 0 Å². The van der Waals surface area contributed by atoms with Crippen LogP contribution < -0.4 is 5.32 Å². The second kappa shape index (κ2) is 8.50. The second-order valence-electron chi connectivity index (χ2n) is 6.87. The van der Waals surface area contributed by atoms with Gasteiger partial charge >= 0.3 is 6.18 Å². The molecular formula is C18H21ClF3N7O. The lowest BCUT2D eigenvalue weighted by Gasteiger charge is -2.06. The Morgan fingerprint density at radius 2 is 1.90 bits per heavy atom. The molecule has 162 valence electrons. The molecule has 3 aromatic heterocycles. The van der Waals surface area contributed by atoms with E-state index in [1.165, 1.54) is 4.68 Å². The smallest absolute Gasteiger partial charge is 0.351 e. The Kier molecular flexibility index (Phi) is 6.20. The summed E-state index contributed by atoms with van der Waals surface area (Å²) in [5.74, 6) is -0.367. The number of rotatable bonds is 7. The lowest BCUT2D eigenvalue weighted by Crippen LogP contribution is -2.26. The Morgan fingerprint density at radius 1 is 1.17 bits per heavy atom. The fourth-order valence-electron chi connectivity index (χ4n) is 2.91. The number of amides is 1. The minimum Gasteiger partial charge on any atom is -0.351 e. The van der Waals surface area contributed by atoms with Gasteiger partial charge in [-0.3, -0.25) is 14.2 Å². The van der Waals surface area contributed by atoms with Crippen LogP contribution in [-0.2, 0) is 19.4 Å². The van der Waals surface area contributed by atoms with E-state index in [0.717, 1.165) is 11.8 Å². The van der Waals surface area contributed by atoms with Crippen LogP contribution >= 0.6 is 11.6 Å². The standard InChI is InChI=1S/C18H21ClF3N7O/c1-11-9-15(18(20,21)22)26-28(11)7-4-6-23-17(30)14-5-8-27(25-14)10-29-13(3)16(19)12(2)24-29/h5,8-9H,4,6-7,10H2,1-3H3,(H,23,30). The van der Waals surface area contributed by atoms with Crippen molar-refractivity contribution >= 4 is 17.5 Å². The number of carbonyl (C=O) groups is 1. The highest BCUT2D eigenvalue weighted by molar-refractivity contribution is 6.31. The highest BCUT2D eigenvalue weighted by atomic mass is 35.5. The van der Waals surface area contributed by atoms with E-state index in [0.29, 0.717) is 29.5 Å². The van der Waals surface area contributed by atoms with Crippen molar-refractivity contribution < 1.29 is 18.0 Å². The van der Waals surface area contributed by atoms with Gasteiger partial charge in [0.1, 0.15) is 12.4 Å². The van der Waals surface area contributed by atoms with Gasteiger partial charge in [0.25, 0.3) is 5.91 Å². The van der Waals surface area contributed by atoms with Crippen molar-refractivity contribution in [1.82, 2.24) is 34.7 Å². The molecule has 0 aliphatic rings. The number of nitrogens with zero attached hydrogens (tertiary/aromatic N) is 6. The van der Waals surface area contributed by atoms with Crippen LogP contribution in [0.4, 0.5) is 13.2 Å². The lowest BCUT2D eigenvalue weighted by molar-refractivity contribution is -0.141. The third kappa shape index (κ3) is 4.84. The van der Waals surface area contributed by atoms with E-state index < -0.39 is 11.9 Å². The van der Waals surface area contributed by atoms with Crippen molar-refractivity contribution in [1.29, 1.82) is 0 Å². The largest absolute Gasteiger partial charge is 0.435 e. The van der Waals surface area contributed by atoms with Crippen LogP contribution in [0.2, 0.25) is 5.02 Å². The van der Waals surface area contributed by atoms with Gasteiger partial charge in [-0.05, 0) is 39.3 Å². The van der Waals surface area contributed by atoms with Crippen molar-refractivity contribution in [3.8, 4) is 0 Å². The van der Waals surface area contributed by atoms with E-state index in [-0.39, 0.29) is 24.7 Å². The van der Waals surface area contributed by atoms with E-state index in [9.17, 15) is 18.0 Å². The third-order valence-electron chi connectivity index (χ3n) is 4.55. The summed E-state index contributed by atoms with van der Waals surface area (Å²) >= 11 is 6.13. The van der Waals surface area contributed by atoms with Crippen LogP contribution in [-0.4, -0.2) is 41.8 Å². The van der Waals surface area contributed by atoms with E-state index in [1.54, 1.807) is 28.6 Å². The van der Waals surface area contributed by atoms with Crippen molar-refractivity contribution in [2.45, 2.75) is 46.6 Å². The Balaban J connectivity index is 1.50. The normalized spacial score (nSPS) is 11.8. The summed E-state index contributed by atoms with van der Waals surface area (Å²) in [5, 5.41) is 15.4. The van der Waals surface area contributed by atoms with Crippen LogP contribution in [0.15, 0.2) is 18.3 Å². The first-order valence-corrected chi connectivity index (χ1v) is 9.57. The molecule has 0 saturated carbocycles. The topological polar surface area (TPSA) is 82.6 Å². The van der Waals surface area contributed by atoms with Gasteiger partial charge in [-0.2, -0.15) is 28.5 Å². The Hall–Kier alpha value is -2.82. The highest BCUT2D eigenvalue weighted by Crippen LogP contribution is 2.28. The van der Waals surface area contributed by atoms with E-state index in [1.807, 2.05) is 13.8 Å². The number of hydrogen-bond acceptors (Lipinski definition) is 4. The first-order chi connectivity index (χ1) is 14.1. The third-order valence-corrected chi connectivity index (χ3v) is 5.10. The predicted octanol–water partition coefficient (Wildman–Crippen LogP) is 3.20. The molecule has 3 heterocycles. The molecule has 8 nitrogen and oxygen atoms in total. The van der Waals surface area contributed by atoms with Gasteiger partial charge in [-0.1, -0.05) is 11.6 Å². The first-order valence-electron chi connectivity index (χ1n) is 9.19. The average Bonchev–Trinajstić information content (AvgIpc) is 3.35. The molecule has 0 bridgehead atoms. The van der Waals surface area contributed by atoms with Gasteiger partial charge in [-0.25, -0.2) is 4.68 Å². The Labute approximate surface area is 175 Å². The molecule has 3 rings (SSSR count). The number of nitrogens with one attached hydrogen (secondary N) is 1. The van der Waals surface area contributed by atoms with Crippen LogP contribution in [0, 0.1) is 20.8 Å². The summed E-state index contributed by atoms with van der Waals surface area (Å²) in [6.45, 7) is 6.06. The zero-order valence-electron chi connectivity index (χ0n) is 16.7. The van der Waals surface area contributed by atoms with Gasteiger partial charge in [0, 0.05) is 25.0 Å². The number of halogens is 4. The molecule has 1 amide bonds. The fourth-order valence-corrected chi connectivity index (χ4v) is 3.04. The molecular weight excluding hydrogens is 423 g/mol. The predicted molar refractivity (Wildman–Crippen MR) is 103 cm³/mol. The van der Waals surface area contributed by atoms with Crippen molar-refractivity contribution in [3.63, 3.8) is 0 Å². The molecule has 0 saturated heterocycles. The van der Waals surface area contributed by atoms with Gasteiger partial charge in [-0.15, -0.1) is 0 Å². The lowest BCUT2D eigenvalue weighted by atomic mass is 10.3. The molecule has 0 aliphatic heterocycles. The minimum atomic E-state index is -4.47. The zero-order chi connectivity index (χ0) is 22.1. The molecule has 0 aromatic carbocycles.